The standard InChI is InChI=1S/C20H17ClN2O4S/c1-28(25,26)19-10-15(7-8-18(19)21)20(24)23-16-5-2-6-17(11-16)27-13-14-4-3-9-22-12-14/h2-12H,13H2,1H3,(H,23,24). The summed E-state index contributed by atoms with van der Waals surface area (Å²) in [7, 11) is -3.54. The molecule has 1 heterocycles. The Kier molecular flexibility index (Phi) is 5.96. The number of ether oxygens (including phenoxy) is 1. The lowest BCUT2D eigenvalue weighted by atomic mass is 10.2. The molecular formula is C20H17ClN2O4S. The molecule has 0 aliphatic carbocycles. The predicted molar refractivity (Wildman–Crippen MR) is 108 cm³/mol. The molecule has 0 radical (unpaired) electrons. The highest BCUT2D eigenvalue weighted by Gasteiger charge is 2.16. The quantitative estimate of drug-likeness (QED) is 0.657. The van der Waals surface area contributed by atoms with Crippen molar-refractivity contribution >= 4 is 33.0 Å². The van der Waals surface area contributed by atoms with Gasteiger partial charge in [0.05, 0.1) is 9.92 Å². The minimum Gasteiger partial charge on any atom is -0.489 e. The van der Waals surface area contributed by atoms with Crippen LogP contribution in [-0.2, 0) is 16.4 Å². The Hall–Kier alpha value is -2.90. The van der Waals surface area contributed by atoms with E-state index in [1.165, 1.54) is 18.2 Å². The molecule has 0 aliphatic heterocycles. The molecule has 0 aliphatic rings. The Morgan fingerprint density at radius 3 is 2.68 bits per heavy atom. The molecule has 3 rings (SSSR count). The Labute approximate surface area is 168 Å². The summed E-state index contributed by atoms with van der Waals surface area (Å²) in [5.41, 5.74) is 1.63. The average Bonchev–Trinajstić information content (AvgIpc) is 2.67. The number of sulfone groups is 1. The topological polar surface area (TPSA) is 85.4 Å². The predicted octanol–water partition coefficient (Wildman–Crippen LogP) is 3.97. The molecule has 0 unspecified atom stereocenters. The van der Waals surface area contributed by atoms with Gasteiger partial charge in [-0.3, -0.25) is 9.78 Å². The maximum atomic E-state index is 12.5. The first-order valence-electron chi connectivity index (χ1n) is 8.25. The SMILES string of the molecule is CS(=O)(=O)c1cc(C(=O)Nc2cccc(OCc3cccnc3)c2)ccc1Cl. The molecule has 1 N–H and O–H groups in total. The van der Waals surface area contributed by atoms with E-state index in [2.05, 4.69) is 10.3 Å². The molecule has 0 fully saturated rings. The second-order valence-electron chi connectivity index (χ2n) is 6.05. The number of amides is 1. The van der Waals surface area contributed by atoms with Crippen molar-refractivity contribution in [3.8, 4) is 5.75 Å². The zero-order valence-corrected chi connectivity index (χ0v) is 16.5. The third-order valence-electron chi connectivity index (χ3n) is 3.81. The van der Waals surface area contributed by atoms with Gasteiger partial charge < -0.3 is 10.1 Å². The summed E-state index contributed by atoms with van der Waals surface area (Å²) in [4.78, 5) is 16.4. The molecule has 2 aromatic carbocycles. The molecule has 6 nitrogen and oxygen atoms in total. The molecule has 1 aromatic heterocycles. The molecule has 0 spiro atoms. The second kappa shape index (κ2) is 8.41. The van der Waals surface area contributed by atoms with Gasteiger partial charge in [-0.2, -0.15) is 0 Å². The fourth-order valence-corrected chi connectivity index (χ4v) is 3.75. The molecule has 0 saturated heterocycles. The minimum atomic E-state index is -3.54. The number of carbonyl (C=O) groups excluding carboxylic acids is 1. The first-order chi connectivity index (χ1) is 13.3. The van der Waals surface area contributed by atoms with Crippen molar-refractivity contribution in [3.63, 3.8) is 0 Å². The van der Waals surface area contributed by atoms with Crippen LogP contribution in [0.3, 0.4) is 0 Å². The first-order valence-corrected chi connectivity index (χ1v) is 10.5. The van der Waals surface area contributed by atoms with Crippen LogP contribution < -0.4 is 10.1 Å². The van der Waals surface area contributed by atoms with Gasteiger partial charge in [-0.05, 0) is 36.4 Å². The third kappa shape index (κ3) is 5.09. The molecule has 3 aromatic rings. The summed E-state index contributed by atoms with van der Waals surface area (Å²) in [5, 5.41) is 2.80. The lowest BCUT2D eigenvalue weighted by Crippen LogP contribution is -2.13. The smallest absolute Gasteiger partial charge is 0.255 e. The van der Waals surface area contributed by atoms with Crippen molar-refractivity contribution in [2.45, 2.75) is 11.5 Å². The van der Waals surface area contributed by atoms with Gasteiger partial charge in [-0.25, -0.2) is 8.42 Å². The Morgan fingerprint density at radius 2 is 1.96 bits per heavy atom. The van der Waals surface area contributed by atoms with Gasteiger partial charge >= 0.3 is 0 Å². The van der Waals surface area contributed by atoms with Crippen molar-refractivity contribution in [2.24, 2.45) is 0 Å². The number of nitrogens with zero attached hydrogens (tertiary/aromatic N) is 1. The fourth-order valence-electron chi connectivity index (χ4n) is 2.45. The number of nitrogens with one attached hydrogen (secondary N) is 1. The van der Waals surface area contributed by atoms with Crippen LogP contribution in [0.25, 0.3) is 0 Å². The lowest BCUT2D eigenvalue weighted by Gasteiger charge is -2.10. The fraction of sp³-hybridized carbons (Fsp3) is 0.100. The third-order valence-corrected chi connectivity index (χ3v) is 5.39. The van der Waals surface area contributed by atoms with Gasteiger partial charge in [0.15, 0.2) is 9.84 Å². The summed E-state index contributed by atoms with van der Waals surface area (Å²) in [5.74, 6) is 0.126. The number of carbonyl (C=O) groups is 1. The van der Waals surface area contributed by atoms with Crippen LogP contribution in [0.5, 0.6) is 5.75 Å². The summed E-state index contributed by atoms with van der Waals surface area (Å²) < 4.78 is 29.3. The molecule has 144 valence electrons. The largest absolute Gasteiger partial charge is 0.489 e. The number of aromatic nitrogens is 1. The number of anilines is 1. The van der Waals surface area contributed by atoms with Gasteiger partial charge in [-0.1, -0.05) is 23.7 Å². The Balaban J connectivity index is 1.72. The van der Waals surface area contributed by atoms with Crippen LogP contribution in [0.15, 0.2) is 71.9 Å². The summed E-state index contributed by atoms with van der Waals surface area (Å²) in [6, 6.07) is 14.8. The molecule has 0 atom stereocenters. The van der Waals surface area contributed by atoms with Gasteiger partial charge in [0.25, 0.3) is 5.91 Å². The van der Waals surface area contributed by atoms with Crippen LogP contribution in [0, 0.1) is 0 Å². The van der Waals surface area contributed by atoms with Crippen molar-refractivity contribution in [3.05, 3.63) is 83.1 Å². The van der Waals surface area contributed by atoms with E-state index in [0.29, 0.717) is 18.0 Å². The van der Waals surface area contributed by atoms with Crippen LogP contribution >= 0.6 is 11.6 Å². The van der Waals surface area contributed by atoms with Crippen molar-refractivity contribution < 1.29 is 17.9 Å². The van der Waals surface area contributed by atoms with E-state index in [-0.39, 0.29) is 15.5 Å². The van der Waals surface area contributed by atoms with E-state index in [9.17, 15) is 13.2 Å². The highest BCUT2D eigenvalue weighted by Crippen LogP contribution is 2.24. The number of hydrogen-bond acceptors (Lipinski definition) is 5. The highest BCUT2D eigenvalue weighted by atomic mass is 35.5. The Bertz CT molecular complexity index is 1100. The summed E-state index contributed by atoms with van der Waals surface area (Å²) in [6.07, 6.45) is 4.44. The maximum absolute atomic E-state index is 12.5. The molecule has 1 amide bonds. The van der Waals surface area contributed by atoms with Crippen LogP contribution in [-0.4, -0.2) is 25.6 Å². The zero-order valence-electron chi connectivity index (χ0n) is 14.9. The van der Waals surface area contributed by atoms with Gasteiger partial charge in [0.2, 0.25) is 0 Å². The maximum Gasteiger partial charge on any atom is 0.255 e. The van der Waals surface area contributed by atoms with E-state index in [4.69, 9.17) is 16.3 Å². The van der Waals surface area contributed by atoms with Crippen LogP contribution in [0.2, 0.25) is 5.02 Å². The molecule has 28 heavy (non-hydrogen) atoms. The van der Waals surface area contributed by atoms with E-state index < -0.39 is 15.7 Å². The van der Waals surface area contributed by atoms with E-state index in [1.807, 2.05) is 12.1 Å². The molecule has 0 bridgehead atoms. The molecule has 0 saturated carbocycles. The van der Waals surface area contributed by atoms with Crippen LogP contribution in [0.1, 0.15) is 15.9 Å². The van der Waals surface area contributed by atoms with Crippen molar-refractivity contribution in [2.75, 3.05) is 11.6 Å². The number of benzene rings is 2. The van der Waals surface area contributed by atoms with Gasteiger partial charge in [0.1, 0.15) is 12.4 Å². The van der Waals surface area contributed by atoms with Crippen molar-refractivity contribution in [1.82, 2.24) is 4.98 Å². The normalized spacial score (nSPS) is 11.1. The average molecular weight is 417 g/mol. The first kappa shape index (κ1) is 19.9. The number of rotatable bonds is 6. The second-order valence-corrected chi connectivity index (χ2v) is 8.44. The Morgan fingerprint density at radius 1 is 1.14 bits per heavy atom. The number of halogens is 1. The van der Waals surface area contributed by atoms with Crippen LogP contribution in [0.4, 0.5) is 5.69 Å². The van der Waals surface area contributed by atoms with E-state index in [0.717, 1.165) is 11.8 Å². The summed E-state index contributed by atoms with van der Waals surface area (Å²) >= 11 is 5.92. The minimum absolute atomic E-state index is 0.0739. The van der Waals surface area contributed by atoms with E-state index >= 15 is 0 Å². The number of hydrogen-bond donors (Lipinski definition) is 1. The summed E-state index contributed by atoms with van der Waals surface area (Å²) in [6.45, 7) is 0.347. The van der Waals surface area contributed by atoms with Gasteiger partial charge in [0, 0.05) is 41.5 Å². The van der Waals surface area contributed by atoms with E-state index in [1.54, 1.807) is 36.7 Å². The van der Waals surface area contributed by atoms with Crippen molar-refractivity contribution in [1.29, 1.82) is 0 Å². The van der Waals surface area contributed by atoms with Gasteiger partial charge in [-0.15, -0.1) is 0 Å². The molecular weight excluding hydrogens is 400 g/mol. The highest BCUT2D eigenvalue weighted by molar-refractivity contribution is 7.90. The number of pyridine rings is 1. The monoisotopic (exact) mass is 416 g/mol. The zero-order chi connectivity index (χ0) is 20.1. The lowest BCUT2D eigenvalue weighted by molar-refractivity contribution is 0.102. The molecule has 8 heteroatoms.